The minimum absolute atomic E-state index is 0.228. The van der Waals surface area contributed by atoms with Crippen LogP contribution in [0.4, 0.5) is 4.79 Å². The van der Waals surface area contributed by atoms with Crippen LogP contribution in [-0.4, -0.2) is 24.8 Å². The molecule has 1 amide bonds. The summed E-state index contributed by atoms with van der Waals surface area (Å²) in [6.45, 7) is 7.82. The van der Waals surface area contributed by atoms with Gasteiger partial charge in [-0.05, 0) is 61.6 Å². The first-order valence-corrected chi connectivity index (χ1v) is 11.4. The molecule has 5 atom stereocenters. The summed E-state index contributed by atoms with van der Waals surface area (Å²) in [5.74, 6) is 3.02. The second kappa shape index (κ2) is 8.91. The second-order valence-corrected chi connectivity index (χ2v) is 9.41. The summed E-state index contributed by atoms with van der Waals surface area (Å²) >= 11 is 0. The van der Waals surface area contributed by atoms with Crippen molar-refractivity contribution in [3.8, 4) is 5.75 Å². The van der Waals surface area contributed by atoms with E-state index in [-0.39, 0.29) is 18.2 Å². The van der Waals surface area contributed by atoms with Crippen molar-refractivity contribution in [1.82, 2.24) is 5.32 Å². The SMILES string of the molecule is CC1=CC(C)C2COC(Cc3ccc(OC(=O)NC4CCCCC4)cc3)C1C2C. The average molecular weight is 398 g/mol. The number of hydrogen-bond acceptors (Lipinski definition) is 3. The van der Waals surface area contributed by atoms with E-state index in [0.29, 0.717) is 29.4 Å². The fourth-order valence-electron chi connectivity index (χ4n) is 5.74. The Hall–Kier alpha value is -1.81. The lowest BCUT2D eigenvalue weighted by Crippen LogP contribution is -2.47. The Bertz CT molecular complexity index is 735. The summed E-state index contributed by atoms with van der Waals surface area (Å²) in [5, 5.41) is 3.00. The molecule has 4 nitrogen and oxygen atoms in total. The zero-order valence-electron chi connectivity index (χ0n) is 18.0. The summed E-state index contributed by atoms with van der Waals surface area (Å²) < 4.78 is 11.8. The molecule has 1 aromatic carbocycles. The first-order chi connectivity index (χ1) is 14.0. The lowest BCUT2D eigenvalue weighted by atomic mass is 9.65. The lowest BCUT2D eigenvalue weighted by Gasteiger charge is -2.47. The number of amides is 1. The molecule has 29 heavy (non-hydrogen) atoms. The van der Waals surface area contributed by atoms with Gasteiger partial charge in [-0.2, -0.15) is 0 Å². The van der Waals surface area contributed by atoms with Gasteiger partial charge in [0, 0.05) is 12.0 Å². The lowest BCUT2D eigenvalue weighted by molar-refractivity contribution is -0.0901. The third-order valence-corrected chi connectivity index (χ3v) is 7.37. The first kappa shape index (κ1) is 20.5. The molecular weight excluding hydrogens is 362 g/mol. The molecule has 1 saturated heterocycles. The van der Waals surface area contributed by atoms with Crippen molar-refractivity contribution < 1.29 is 14.3 Å². The summed E-state index contributed by atoms with van der Waals surface area (Å²) in [6.07, 6.45) is 9.01. The molecule has 0 spiro atoms. The molecule has 158 valence electrons. The third kappa shape index (κ3) is 4.69. The number of nitrogens with one attached hydrogen (secondary N) is 1. The first-order valence-electron chi connectivity index (χ1n) is 11.4. The Kier molecular flexibility index (Phi) is 6.29. The van der Waals surface area contributed by atoms with Gasteiger partial charge in [-0.1, -0.05) is 56.9 Å². The maximum Gasteiger partial charge on any atom is 0.412 e. The molecule has 1 aliphatic heterocycles. The van der Waals surface area contributed by atoms with Crippen LogP contribution in [0.3, 0.4) is 0 Å². The van der Waals surface area contributed by atoms with Crippen molar-refractivity contribution in [2.75, 3.05) is 6.61 Å². The van der Waals surface area contributed by atoms with Crippen molar-refractivity contribution in [1.29, 1.82) is 0 Å². The van der Waals surface area contributed by atoms with Crippen LogP contribution in [0.5, 0.6) is 5.75 Å². The average Bonchev–Trinajstić information content (AvgIpc) is 2.69. The van der Waals surface area contributed by atoms with Crippen molar-refractivity contribution in [3.63, 3.8) is 0 Å². The minimum Gasteiger partial charge on any atom is -0.410 e. The second-order valence-electron chi connectivity index (χ2n) is 9.41. The summed E-state index contributed by atoms with van der Waals surface area (Å²) in [4.78, 5) is 12.1. The molecule has 4 heteroatoms. The maximum atomic E-state index is 12.1. The molecule has 2 fully saturated rings. The van der Waals surface area contributed by atoms with Crippen LogP contribution in [0.25, 0.3) is 0 Å². The molecule has 2 aliphatic carbocycles. The van der Waals surface area contributed by atoms with Crippen LogP contribution < -0.4 is 10.1 Å². The van der Waals surface area contributed by atoms with Gasteiger partial charge in [-0.15, -0.1) is 0 Å². The molecule has 0 radical (unpaired) electrons. The monoisotopic (exact) mass is 397 g/mol. The van der Waals surface area contributed by atoms with Crippen molar-refractivity contribution in [2.45, 2.75) is 71.4 Å². The minimum atomic E-state index is -0.336. The Balaban J connectivity index is 1.33. The molecule has 1 aromatic rings. The van der Waals surface area contributed by atoms with Gasteiger partial charge < -0.3 is 14.8 Å². The Morgan fingerprint density at radius 1 is 1.14 bits per heavy atom. The summed E-state index contributed by atoms with van der Waals surface area (Å²) in [6, 6.07) is 8.19. The predicted molar refractivity (Wildman–Crippen MR) is 115 cm³/mol. The smallest absolute Gasteiger partial charge is 0.410 e. The number of benzene rings is 1. The number of carbonyl (C=O) groups excluding carboxylic acids is 1. The van der Waals surface area contributed by atoms with E-state index in [1.807, 2.05) is 12.1 Å². The van der Waals surface area contributed by atoms with Gasteiger partial charge in [-0.25, -0.2) is 4.79 Å². The number of rotatable bonds is 4. The highest BCUT2D eigenvalue weighted by molar-refractivity contribution is 5.70. The van der Waals surface area contributed by atoms with Crippen molar-refractivity contribution in [3.05, 3.63) is 41.5 Å². The van der Waals surface area contributed by atoms with E-state index in [0.717, 1.165) is 25.9 Å². The molecule has 1 N–H and O–H groups in total. The Morgan fingerprint density at radius 2 is 1.86 bits per heavy atom. The van der Waals surface area contributed by atoms with Crippen LogP contribution in [0.2, 0.25) is 0 Å². The number of allylic oxidation sites excluding steroid dienone is 1. The molecule has 4 rings (SSSR count). The zero-order chi connectivity index (χ0) is 20.4. The normalized spacial score (nSPS) is 32.4. The number of fused-ring (bicyclic) bond motifs is 2. The van der Waals surface area contributed by atoms with Gasteiger partial charge >= 0.3 is 6.09 Å². The van der Waals surface area contributed by atoms with E-state index in [1.54, 1.807) is 0 Å². The van der Waals surface area contributed by atoms with E-state index < -0.39 is 0 Å². The third-order valence-electron chi connectivity index (χ3n) is 7.37. The van der Waals surface area contributed by atoms with E-state index >= 15 is 0 Å². The van der Waals surface area contributed by atoms with Crippen LogP contribution in [0, 0.1) is 23.7 Å². The fourth-order valence-corrected chi connectivity index (χ4v) is 5.74. The fraction of sp³-hybridized carbons (Fsp3) is 0.640. The molecule has 5 unspecified atom stereocenters. The molecular formula is C25H35NO3. The van der Waals surface area contributed by atoms with Crippen LogP contribution in [0.1, 0.15) is 58.4 Å². The van der Waals surface area contributed by atoms with Crippen molar-refractivity contribution >= 4 is 6.09 Å². The van der Waals surface area contributed by atoms with E-state index in [9.17, 15) is 4.79 Å². The molecule has 0 aromatic heterocycles. The Morgan fingerprint density at radius 3 is 2.59 bits per heavy atom. The predicted octanol–water partition coefficient (Wildman–Crippen LogP) is 5.51. The highest BCUT2D eigenvalue weighted by Crippen LogP contribution is 2.45. The van der Waals surface area contributed by atoms with E-state index in [4.69, 9.17) is 9.47 Å². The van der Waals surface area contributed by atoms with Crippen molar-refractivity contribution in [2.24, 2.45) is 23.7 Å². The van der Waals surface area contributed by atoms with Crippen LogP contribution >= 0.6 is 0 Å². The maximum absolute atomic E-state index is 12.1. The van der Waals surface area contributed by atoms with E-state index in [1.165, 1.54) is 30.4 Å². The topological polar surface area (TPSA) is 47.6 Å². The van der Waals surface area contributed by atoms with Gasteiger partial charge in [0.2, 0.25) is 0 Å². The molecule has 1 saturated carbocycles. The highest BCUT2D eigenvalue weighted by atomic mass is 16.6. The Labute approximate surface area is 175 Å². The quantitative estimate of drug-likeness (QED) is 0.681. The van der Waals surface area contributed by atoms with Gasteiger partial charge in [0.05, 0.1) is 12.7 Å². The number of carbonyl (C=O) groups is 1. The standard InChI is InChI=1S/C25H35NO3/c1-16-13-17(2)24-18(3)22(16)15-28-23(24)14-19-9-11-21(12-10-19)29-25(27)26-20-7-5-4-6-8-20/h9-13,16,18,20,22-24H,4-8,14-15H2,1-3H3,(H,26,27). The molecule has 3 aliphatic rings. The zero-order valence-corrected chi connectivity index (χ0v) is 18.0. The van der Waals surface area contributed by atoms with Gasteiger partial charge in [0.25, 0.3) is 0 Å². The van der Waals surface area contributed by atoms with Crippen LogP contribution in [-0.2, 0) is 11.2 Å². The molecule has 1 heterocycles. The summed E-state index contributed by atoms with van der Waals surface area (Å²) in [7, 11) is 0. The number of ether oxygens (including phenoxy) is 2. The highest BCUT2D eigenvalue weighted by Gasteiger charge is 2.43. The van der Waals surface area contributed by atoms with Gasteiger partial charge in [0.15, 0.2) is 0 Å². The van der Waals surface area contributed by atoms with Gasteiger partial charge in [0.1, 0.15) is 5.75 Å². The molecule has 2 bridgehead atoms. The van der Waals surface area contributed by atoms with E-state index in [2.05, 4.69) is 44.3 Å². The summed E-state index contributed by atoms with van der Waals surface area (Å²) in [5.41, 5.74) is 2.71. The number of hydrogen-bond donors (Lipinski definition) is 1. The largest absolute Gasteiger partial charge is 0.412 e. The van der Waals surface area contributed by atoms with Crippen LogP contribution in [0.15, 0.2) is 35.9 Å². The van der Waals surface area contributed by atoms with Gasteiger partial charge in [-0.3, -0.25) is 0 Å².